The molecule has 5 heteroatoms. The van der Waals surface area contributed by atoms with Crippen LogP contribution in [0.1, 0.15) is 52.4 Å². The molecule has 0 radical (unpaired) electrons. The topological polar surface area (TPSA) is 76.0 Å². The fraction of sp³-hybridized carbons (Fsp3) is 0.923. The zero-order valence-electron chi connectivity index (χ0n) is 11.4. The lowest BCUT2D eigenvalue weighted by atomic mass is 10.2. The number of carbonyl (C=O) groups excluding carboxylic acids is 1. The first-order chi connectivity index (χ1) is 8.63. The van der Waals surface area contributed by atoms with Gasteiger partial charge in [0.25, 0.3) is 0 Å². The Morgan fingerprint density at radius 1 is 1.17 bits per heavy atom. The van der Waals surface area contributed by atoms with Gasteiger partial charge in [0.2, 0.25) is 0 Å². The van der Waals surface area contributed by atoms with Crippen LogP contribution in [0.5, 0.6) is 0 Å². The highest BCUT2D eigenvalue weighted by Gasteiger charge is 2.15. The Hall–Kier alpha value is -0.810. The molecule has 0 saturated heterocycles. The van der Waals surface area contributed by atoms with Gasteiger partial charge < -0.3 is 19.7 Å². The average Bonchev–Trinajstić information content (AvgIpc) is 2.38. The zero-order chi connectivity index (χ0) is 13.8. The molecule has 108 valence electrons. The molecule has 2 atom stereocenters. The predicted octanol–water partition coefficient (Wildman–Crippen LogP) is 2.24. The lowest BCUT2D eigenvalue weighted by Crippen LogP contribution is -2.25. The summed E-state index contributed by atoms with van der Waals surface area (Å²) < 4.78 is 9.73. The fourth-order valence-corrected chi connectivity index (χ4v) is 1.48. The normalized spacial score (nSPS) is 14.0. The Labute approximate surface area is 109 Å². The third-order valence-corrected chi connectivity index (χ3v) is 2.63. The molecule has 0 aromatic carbocycles. The van der Waals surface area contributed by atoms with E-state index in [2.05, 4.69) is 0 Å². The maximum Gasteiger partial charge on any atom is 0.508 e. The third-order valence-electron chi connectivity index (χ3n) is 2.63. The largest absolute Gasteiger partial charge is 0.508 e. The van der Waals surface area contributed by atoms with Crippen LogP contribution in [0.2, 0.25) is 0 Å². The Balaban J connectivity index is 3.73. The molecule has 0 aromatic heterocycles. The highest BCUT2D eigenvalue weighted by molar-refractivity contribution is 5.60. The summed E-state index contributed by atoms with van der Waals surface area (Å²) in [5.74, 6) is 0. The molecule has 0 heterocycles. The first-order valence-corrected chi connectivity index (χ1v) is 6.76. The molecular formula is C13H26O5. The molecule has 5 nitrogen and oxygen atoms in total. The second kappa shape index (κ2) is 11.3. The summed E-state index contributed by atoms with van der Waals surface area (Å²) in [7, 11) is 0. The van der Waals surface area contributed by atoms with Gasteiger partial charge in [-0.25, -0.2) is 4.79 Å². The number of ether oxygens (including phenoxy) is 2. The second-order valence-corrected chi connectivity index (χ2v) is 4.42. The van der Waals surface area contributed by atoms with Gasteiger partial charge in [0.15, 0.2) is 0 Å². The van der Waals surface area contributed by atoms with Crippen molar-refractivity contribution in [2.45, 2.75) is 64.6 Å². The van der Waals surface area contributed by atoms with Crippen LogP contribution >= 0.6 is 0 Å². The second-order valence-electron chi connectivity index (χ2n) is 4.42. The van der Waals surface area contributed by atoms with Crippen molar-refractivity contribution in [3.8, 4) is 0 Å². The number of carbonyl (C=O) groups is 1. The van der Waals surface area contributed by atoms with Gasteiger partial charge in [-0.2, -0.15) is 0 Å². The van der Waals surface area contributed by atoms with Gasteiger partial charge in [-0.3, -0.25) is 0 Å². The van der Waals surface area contributed by atoms with Crippen LogP contribution in [0.3, 0.4) is 0 Å². The highest BCUT2D eigenvalue weighted by Crippen LogP contribution is 2.06. The number of hydrogen-bond donors (Lipinski definition) is 2. The van der Waals surface area contributed by atoms with E-state index in [4.69, 9.17) is 14.6 Å². The van der Waals surface area contributed by atoms with Crippen LogP contribution in [0.4, 0.5) is 4.79 Å². The molecule has 0 rings (SSSR count). The lowest BCUT2D eigenvalue weighted by molar-refractivity contribution is -0.0196. The molecule has 0 bridgehead atoms. The molecule has 2 unspecified atom stereocenters. The molecule has 0 aliphatic heterocycles. The summed E-state index contributed by atoms with van der Waals surface area (Å²) in [5.41, 5.74) is 0. The van der Waals surface area contributed by atoms with Crippen molar-refractivity contribution in [3.63, 3.8) is 0 Å². The van der Waals surface area contributed by atoms with Crippen LogP contribution in [0, 0.1) is 0 Å². The van der Waals surface area contributed by atoms with E-state index in [-0.39, 0.29) is 13.2 Å². The molecule has 0 aliphatic rings. The van der Waals surface area contributed by atoms with Gasteiger partial charge in [0.1, 0.15) is 12.7 Å². The van der Waals surface area contributed by atoms with Crippen molar-refractivity contribution in [3.05, 3.63) is 0 Å². The summed E-state index contributed by atoms with van der Waals surface area (Å²) in [6.45, 7) is 3.80. The van der Waals surface area contributed by atoms with Gasteiger partial charge in [-0.05, 0) is 19.3 Å². The smallest absolute Gasteiger partial charge is 0.432 e. The van der Waals surface area contributed by atoms with Gasteiger partial charge in [0, 0.05) is 0 Å². The van der Waals surface area contributed by atoms with E-state index in [0.29, 0.717) is 12.8 Å². The Kier molecular flexibility index (Phi) is 10.8. The van der Waals surface area contributed by atoms with E-state index in [1.54, 1.807) is 0 Å². The van der Waals surface area contributed by atoms with Crippen LogP contribution in [-0.4, -0.2) is 41.8 Å². The average molecular weight is 262 g/mol. The number of aliphatic hydroxyl groups is 2. The maximum absolute atomic E-state index is 11.3. The standard InChI is InChI=1S/C13H26O5/c1-3-5-7-11(15)10-17-13(16)18-12(9-14)8-6-4-2/h11-12,14-15H,3-10H2,1-2H3. The van der Waals surface area contributed by atoms with E-state index in [0.717, 1.165) is 25.7 Å². The summed E-state index contributed by atoms with van der Waals surface area (Å²) in [6.07, 6.45) is 3.03. The number of rotatable bonds is 10. The number of hydrogen-bond acceptors (Lipinski definition) is 5. The minimum Gasteiger partial charge on any atom is -0.432 e. The van der Waals surface area contributed by atoms with E-state index in [9.17, 15) is 9.90 Å². The molecule has 0 amide bonds. The van der Waals surface area contributed by atoms with Crippen LogP contribution in [0.15, 0.2) is 0 Å². The zero-order valence-corrected chi connectivity index (χ0v) is 11.4. The molecule has 0 saturated carbocycles. The molecule has 0 aliphatic carbocycles. The van der Waals surface area contributed by atoms with Crippen LogP contribution in [0.25, 0.3) is 0 Å². The fourth-order valence-electron chi connectivity index (χ4n) is 1.48. The van der Waals surface area contributed by atoms with Crippen LogP contribution < -0.4 is 0 Å². The number of aliphatic hydroxyl groups excluding tert-OH is 2. The monoisotopic (exact) mass is 262 g/mol. The Morgan fingerprint density at radius 3 is 2.33 bits per heavy atom. The SMILES string of the molecule is CCCCC(O)COC(=O)OC(CO)CCCC. The van der Waals surface area contributed by atoms with Crippen molar-refractivity contribution < 1.29 is 24.5 Å². The van der Waals surface area contributed by atoms with E-state index in [1.807, 2.05) is 13.8 Å². The van der Waals surface area contributed by atoms with E-state index in [1.165, 1.54) is 0 Å². The van der Waals surface area contributed by atoms with Crippen molar-refractivity contribution in [2.75, 3.05) is 13.2 Å². The third kappa shape index (κ3) is 9.24. The molecule has 18 heavy (non-hydrogen) atoms. The predicted molar refractivity (Wildman–Crippen MR) is 68.4 cm³/mol. The quantitative estimate of drug-likeness (QED) is 0.590. The van der Waals surface area contributed by atoms with Crippen LogP contribution in [-0.2, 0) is 9.47 Å². The van der Waals surface area contributed by atoms with Crippen molar-refractivity contribution in [1.82, 2.24) is 0 Å². The Morgan fingerprint density at radius 2 is 1.78 bits per heavy atom. The van der Waals surface area contributed by atoms with Gasteiger partial charge in [-0.15, -0.1) is 0 Å². The minimum atomic E-state index is -0.819. The highest BCUT2D eigenvalue weighted by atomic mass is 16.7. The van der Waals surface area contributed by atoms with Crippen molar-refractivity contribution in [2.24, 2.45) is 0 Å². The van der Waals surface area contributed by atoms with Crippen molar-refractivity contribution >= 4 is 6.16 Å². The maximum atomic E-state index is 11.3. The minimum absolute atomic E-state index is 0.0508. The van der Waals surface area contributed by atoms with Gasteiger partial charge in [-0.1, -0.05) is 33.1 Å². The van der Waals surface area contributed by atoms with Gasteiger partial charge >= 0.3 is 6.16 Å². The number of unbranched alkanes of at least 4 members (excludes halogenated alkanes) is 2. The summed E-state index contributed by atoms with van der Waals surface area (Å²) in [5, 5.41) is 18.5. The van der Waals surface area contributed by atoms with E-state index < -0.39 is 18.4 Å². The summed E-state index contributed by atoms with van der Waals surface area (Å²) in [4.78, 5) is 11.3. The molecule has 0 fully saturated rings. The first kappa shape index (κ1) is 17.2. The van der Waals surface area contributed by atoms with E-state index >= 15 is 0 Å². The lowest BCUT2D eigenvalue weighted by Gasteiger charge is -2.16. The van der Waals surface area contributed by atoms with Crippen molar-refractivity contribution in [1.29, 1.82) is 0 Å². The molecular weight excluding hydrogens is 236 g/mol. The summed E-state index contributed by atoms with van der Waals surface area (Å²) in [6, 6.07) is 0. The molecule has 0 spiro atoms. The molecule has 2 N–H and O–H groups in total. The first-order valence-electron chi connectivity index (χ1n) is 6.76. The molecule has 0 aromatic rings. The Bertz CT molecular complexity index is 208. The summed E-state index contributed by atoms with van der Waals surface area (Å²) >= 11 is 0. The van der Waals surface area contributed by atoms with Gasteiger partial charge in [0.05, 0.1) is 12.7 Å².